The summed E-state index contributed by atoms with van der Waals surface area (Å²) in [5.41, 5.74) is 8.12. The third-order valence-corrected chi connectivity index (χ3v) is 3.15. The zero-order chi connectivity index (χ0) is 15.0. The Balaban J connectivity index is 1.95. The van der Waals surface area contributed by atoms with Crippen LogP contribution in [0.25, 0.3) is 11.1 Å². The quantitative estimate of drug-likeness (QED) is 0.724. The average molecular weight is 285 g/mol. The van der Waals surface area contributed by atoms with E-state index in [1.165, 1.54) is 10.7 Å². The van der Waals surface area contributed by atoms with Gasteiger partial charge in [0.2, 0.25) is 5.89 Å². The summed E-state index contributed by atoms with van der Waals surface area (Å²) in [5.74, 6) is 0.398. The number of nitrogens with zero attached hydrogens (tertiary/aromatic N) is 4. The Labute approximate surface area is 120 Å². The fraction of sp³-hybridized carbons (Fsp3) is 0.214. The molecule has 0 aliphatic carbocycles. The molecule has 0 saturated carbocycles. The topological polar surface area (TPSA) is 90.2 Å². The van der Waals surface area contributed by atoms with Crippen LogP contribution in [0.4, 0.5) is 11.4 Å². The predicted octanol–water partition coefficient (Wildman–Crippen LogP) is 1.08. The molecule has 0 fully saturated rings. The van der Waals surface area contributed by atoms with Crippen LogP contribution in [0.2, 0.25) is 0 Å². The third-order valence-electron chi connectivity index (χ3n) is 3.15. The maximum atomic E-state index is 12.0. The van der Waals surface area contributed by atoms with Crippen molar-refractivity contribution in [2.75, 3.05) is 24.7 Å². The number of fused-ring (bicyclic) bond motifs is 1. The largest absolute Gasteiger partial charge is 0.439 e. The van der Waals surface area contributed by atoms with Gasteiger partial charge < -0.3 is 15.1 Å². The molecule has 2 heterocycles. The van der Waals surface area contributed by atoms with Crippen LogP contribution in [-0.4, -0.2) is 28.9 Å². The fourth-order valence-corrected chi connectivity index (χ4v) is 2.00. The van der Waals surface area contributed by atoms with Crippen molar-refractivity contribution < 1.29 is 4.42 Å². The van der Waals surface area contributed by atoms with Crippen molar-refractivity contribution in [3.8, 4) is 0 Å². The number of aromatic nitrogens is 3. The minimum atomic E-state index is -0.212. The van der Waals surface area contributed by atoms with E-state index in [1.807, 2.05) is 19.0 Å². The number of rotatable bonds is 3. The first-order valence-corrected chi connectivity index (χ1v) is 6.43. The molecule has 0 unspecified atom stereocenters. The van der Waals surface area contributed by atoms with Gasteiger partial charge in [0.15, 0.2) is 5.58 Å². The number of nitrogens with two attached hydrogens (primary N) is 1. The average Bonchev–Trinajstić information content (AvgIpc) is 2.85. The first-order chi connectivity index (χ1) is 10.0. The smallest absolute Gasteiger partial charge is 0.269 e. The molecule has 0 amide bonds. The molecule has 21 heavy (non-hydrogen) atoms. The highest BCUT2D eigenvalue weighted by Crippen LogP contribution is 2.21. The second kappa shape index (κ2) is 4.93. The Bertz CT molecular complexity index is 850. The number of hydrogen-bond acceptors (Lipinski definition) is 6. The van der Waals surface area contributed by atoms with Gasteiger partial charge in [-0.2, -0.15) is 5.10 Å². The second-order valence-corrected chi connectivity index (χ2v) is 4.91. The summed E-state index contributed by atoms with van der Waals surface area (Å²) >= 11 is 0. The van der Waals surface area contributed by atoms with Gasteiger partial charge in [-0.25, -0.2) is 9.67 Å². The van der Waals surface area contributed by atoms with Crippen LogP contribution in [0.15, 0.2) is 39.7 Å². The molecule has 0 atom stereocenters. The first-order valence-electron chi connectivity index (χ1n) is 6.43. The Morgan fingerprint density at radius 2 is 2.19 bits per heavy atom. The van der Waals surface area contributed by atoms with E-state index in [4.69, 9.17) is 10.2 Å². The Kier molecular flexibility index (Phi) is 3.09. The highest BCUT2D eigenvalue weighted by Gasteiger charge is 2.10. The highest BCUT2D eigenvalue weighted by molar-refractivity contribution is 5.85. The maximum absolute atomic E-state index is 12.0. The predicted molar refractivity (Wildman–Crippen MR) is 80.3 cm³/mol. The summed E-state index contributed by atoms with van der Waals surface area (Å²) < 4.78 is 6.88. The van der Waals surface area contributed by atoms with Crippen LogP contribution in [0.1, 0.15) is 5.89 Å². The summed E-state index contributed by atoms with van der Waals surface area (Å²) in [4.78, 5) is 18.1. The van der Waals surface area contributed by atoms with Crippen molar-refractivity contribution in [3.63, 3.8) is 0 Å². The van der Waals surface area contributed by atoms with Crippen molar-refractivity contribution in [1.82, 2.24) is 14.8 Å². The Hall–Kier alpha value is -2.83. The maximum Gasteiger partial charge on any atom is 0.269 e. The van der Waals surface area contributed by atoms with Gasteiger partial charge in [0.05, 0.1) is 17.6 Å². The summed E-state index contributed by atoms with van der Waals surface area (Å²) in [5, 5.41) is 4.12. The van der Waals surface area contributed by atoms with Crippen molar-refractivity contribution in [2.24, 2.45) is 0 Å². The van der Waals surface area contributed by atoms with Gasteiger partial charge >= 0.3 is 0 Å². The fourth-order valence-electron chi connectivity index (χ4n) is 2.00. The van der Waals surface area contributed by atoms with Crippen LogP contribution < -0.4 is 16.2 Å². The second-order valence-electron chi connectivity index (χ2n) is 4.91. The zero-order valence-corrected chi connectivity index (χ0v) is 11.8. The van der Waals surface area contributed by atoms with Crippen LogP contribution in [0.5, 0.6) is 0 Å². The Morgan fingerprint density at radius 1 is 1.38 bits per heavy atom. The lowest BCUT2D eigenvalue weighted by Crippen LogP contribution is -2.24. The zero-order valence-electron chi connectivity index (χ0n) is 11.8. The van der Waals surface area contributed by atoms with Crippen molar-refractivity contribution in [2.45, 2.75) is 6.54 Å². The lowest BCUT2D eigenvalue weighted by molar-refractivity contribution is 0.481. The van der Waals surface area contributed by atoms with Crippen LogP contribution in [-0.2, 0) is 6.54 Å². The van der Waals surface area contributed by atoms with Gasteiger partial charge in [0.25, 0.3) is 5.56 Å². The van der Waals surface area contributed by atoms with Gasteiger partial charge in [0.1, 0.15) is 12.1 Å². The van der Waals surface area contributed by atoms with Gasteiger partial charge in [-0.1, -0.05) is 6.07 Å². The number of nitrogen functional groups attached to an aromatic ring is 1. The van der Waals surface area contributed by atoms with E-state index < -0.39 is 0 Å². The van der Waals surface area contributed by atoms with E-state index >= 15 is 0 Å². The van der Waals surface area contributed by atoms with Gasteiger partial charge in [-0.05, 0) is 12.1 Å². The SMILES string of the molecule is CN(C)c1cnn(Cc2nc3c(N)cccc3o2)c(=O)c1. The third kappa shape index (κ3) is 2.45. The van der Waals surface area contributed by atoms with E-state index in [1.54, 1.807) is 24.4 Å². The van der Waals surface area contributed by atoms with Crippen LogP contribution >= 0.6 is 0 Å². The molecule has 3 rings (SSSR count). The number of para-hydroxylation sites is 1. The molecule has 0 spiro atoms. The van der Waals surface area contributed by atoms with E-state index in [2.05, 4.69) is 10.1 Å². The molecule has 0 radical (unpaired) electrons. The van der Waals surface area contributed by atoms with E-state index in [9.17, 15) is 4.79 Å². The summed E-state index contributed by atoms with van der Waals surface area (Å²) in [7, 11) is 3.70. The van der Waals surface area contributed by atoms with Gasteiger partial charge in [-0.3, -0.25) is 4.79 Å². The van der Waals surface area contributed by atoms with E-state index in [0.29, 0.717) is 22.7 Å². The molecule has 2 aromatic heterocycles. The summed E-state index contributed by atoms with van der Waals surface area (Å²) in [6, 6.07) is 6.85. The van der Waals surface area contributed by atoms with Gasteiger partial charge in [-0.15, -0.1) is 0 Å². The monoisotopic (exact) mass is 285 g/mol. The molecule has 3 aromatic rings. The van der Waals surface area contributed by atoms with E-state index in [-0.39, 0.29) is 12.1 Å². The van der Waals surface area contributed by atoms with Crippen LogP contribution in [0, 0.1) is 0 Å². The van der Waals surface area contributed by atoms with Crippen molar-refractivity contribution >= 4 is 22.5 Å². The number of hydrogen-bond donors (Lipinski definition) is 1. The Morgan fingerprint density at radius 3 is 2.86 bits per heavy atom. The molecular weight excluding hydrogens is 270 g/mol. The lowest BCUT2D eigenvalue weighted by Gasteiger charge is -2.11. The molecule has 0 aliphatic heterocycles. The van der Waals surface area contributed by atoms with Crippen molar-refractivity contribution in [3.05, 3.63) is 46.7 Å². The molecule has 108 valence electrons. The molecule has 2 N–H and O–H groups in total. The molecule has 0 bridgehead atoms. The van der Waals surface area contributed by atoms with Gasteiger partial charge in [0, 0.05) is 20.2 Å². The number of benzene rings is 1. The molecular formula is C14H15N5O2. The summed E-state index contributed by atoms with van der Waals surface area (Å²) in [6.45, 7) is 0.167. The molecule has 0 saturated heterocycles. The first kappa shape index (κ1) is 13.2. The molecule has 7 heteroatoms. The molecule has 0 aliphatic rings. The summed E-state index contributed by atoms with van der Waals surface area (Å²) in [6.07, 6.45) is 1.62. The van der Waals surface area contributed by atoms with Crippen molar-refractivity contribution in [1.29, 1.82) is 0 Å². The van der Waals surface area contributed by atoms with E-state index in [0.717, 1.165) is 5.69 Å². The minimum Gasteiger partial charge on any atom is -0.439 e. The number of anilines is 2. The molecule has 7 nitrogen and oxygen atoms in total. The number of oxazole rings is 1. The standard InChI is InChI=1S/C14H15N5O2/c1-18(2)9-6-13(20)19(16-7-9)8-12-17-14-10(15)4-3-5-11(14)21-12/h3-7H,8,15H2,1-2H3. The van der Waals surface area contributed by atoms with Crippen LogP contribution in [0.3, 0.4) is 0 Å². The highest BCUT2D eigenvalue weighted by atomic mass is 16.3. The lowest BCUT2D eigenvalue weighted by atomic mass is 10.3. The molecule has 1 aromatic carbocycles. The normalized spacial score (nSPS) is 11.0. The minimum absolute atomic E-state index is 0.167.